The van der Waals surface area contributed by atoms with Crippen LogP contribution >= 0.6 is 23.4 Å². The summed E-state index contributed by atoms with van der Waals surface area (Å²) < 4.78 is 5.14. The molecule has 1 unspecified atom stereocenters. The molecule has 0 saturated carbocycles. The molecule has 1 aliphatic heterocycles. The lowest BCUT2D eigenvalue weighted by Crippen LogP contribution is -2.54. The normalized spacial score (nSPS) is 16.6. The molecule has 1 amide bonds. The van der Waals surface area contributed by atoms with Crippen molar-refractivity contribution in [1.29, 1.82) is 0 Å². The largest absolute Gasteiger partial charge is 0.497 e. The van der Waals surface area contributed by atoms with Crippen LogP contribution in [0.1, 0.15) is 17.3 Å². The van der Waals surface area contributed by atoms with E-state index >= 15 is 0 Å². The number of hydrogen-bond acceptors (Lipinski definition) is 7. The van der Waals surface area contributed by atoms with Crippen LogP contribution in [0.3, 0.4) is 0 Å². The summed E-state index contributed by atoms with van der Waals surface area (Å²) in [4.78, 5) is 36.0. The van der Waals surface area contributed by atoms with Gasteiger partial charge in [-0.25, -0.2) is 9.97 Å². The van der Waals surface area contributed by atoms with Crippen LogP contribution in [-0.4, -0.2) is 70.4 Å². The number of aromatic nitrogens is 2. The number of thioether (sulfide) groups is 1. The Kier molecular flexibility index (Phi) is 6.81. The van der Waals surface area contributed by atoms with Crippen molar-refractivity contribution >= 4 is 41.1 Å². The Balaban J connectivity index is 1.69. The Morgan fingerprint density at radius 3 is 2.62 bits per heavy atom. The van der Waals surface area contributed by atoms with E-state index in [1.807, 2.05) is 16.7 Å². The lowest BCUT2D eigenvalue weighted by atomic mass is 10.1. The molecule has 1 aromatic heterocycles. The molecule has 2 heterocycles. The Morgan fingerprint density at radius 1 is 1.28 bits per heavy atom. The van der Waals surface area contributed by atoms with Gasteiger partial charge in [0.1, 0.15) is 16.7 Å². The van der Waals surface area contributed by atoms with Gasteiger partial charge in [-0.3, -0.25) is 9.59 Å². The van der Waals surface area contributed by atoms with Crippen LogP contribution in [0.15, 0.2) is 35.5 Å². The van der Waals surface area contributed by atoms with E-state index in [1.165, 1.54) is 0 Å². The van der Waals surface area contributed by atoms with Gasteiger partial charge < -0.3 is 19.6 Å². The standard InChI is InChI=1S/C19H21ClN4O4S/c1-12-10-23(16-9-15(20)21-19(22-16)29-11-17(25)26)7-8-24(12)18(27)13-3-5-14(28-2)6-4-13/h3-6,9,12H,7-8,10-11H2,1-2H3,(H,25,26). The number of nitrogens with zero attached hydrogens (tertiary/aromatic N) is 4. The number of carboxylic acid groups (broad SMARTS) is 1. The molecule has 1 N–H and O–H groups in total. The van der Waals surface area contributed by atoms with Crippen molar-refractivity contribution in [1.82, 2.24) is 14.9 Å². The number of carbonyl (C=O) groups excluding carboxylic acids is 1. The maximum absolute atomic E-state index is 12.9. The monoisotopic (exact) mass is 436 g/mol. The fourth-order valence-electron chi connectivity index (χ4n) is 3.11. The third kappa shape index (κ3) is 5.30. The zero-order chi connectivity index (χ0) is 21.0. The van der Waals surface area contributed by atoms with E-state index in [0.29, 0.717) is 41.9 Å². The molecule has 0 radical (unpaired) electrons. The average Bonchev–Trinajstić information content (AvgIpc) is 2.71. The summed E-state index contributed by atoms with van der Waals surface area (Å²) in [5, 5.41) is 9.41. The van der Waals surface area contributed by atoms with Crippen LogP contribution in [-0.2, 0) is 4.79 Å². The van der Waals surface area contributed by atoms with Gasteiger partial charge in [0.25, 0.3) is 5.91 Å². The molecule has 10 heteroatoms. The van der Waals surface area contributed by atoms with Crippen LogP contribution in [0.2, 0.25) is 5.15 Å². The number of aliphatic carboxylic acids is 1. The predicted octanol–water partition coefficient (Wildman–Crippen LogP) is 2.67. The van der Waals surface area contributed by atoms with Gasteiger partial charge in [0.15, 0.2) is 5.16 Å². The maximum atomic E-state index is 12.9. The van der Waals surface area contributed by atoms with E-state index in [0.717, 1.165) is 11.8 Å². The Hall–Kier alpha value is -2.52. The first kappa shape index (κ1) is 21.2. The number of carboxylic acids is 1. The molecule has 154 valence electrons. The highest BCUT2D eigenvalue weighted by molar-refractivity contribution is 7.99. The maximum Gasteiger partial charge on any atom is 0.313 e. The molecule has 0 aliphatic carbocycles. The summed E-state index contributed by atoms with van der Waals surface area (Å²) in [6.07, 6.45) is 0. The number of benzene rings is 1. The number of hydrogen-bond donors (Lipinski definition) is 1. The number of methoxy groups -OCH3 is 1. The molecule has 0 bridgehead atoms. The highest BCUT2D eigenvalue weighted by atomic mass is 35.5. The molecule has 1 fully saturated rings. The fraction of sp³-hybridized carbons (Fsp3) is 0.368. The van der Waals surface area contributed by atoms with Gasteiger partial charge in [-0.05, 0) is 31.2 Å². The van der Waals surface area contributed by atoms with E-state index in [4.69, 9.17) is 21.4 Å². The van der Waals surface area contributed by atoms with Gasteiger partial charge in [0.2, 0.25) is 0 Å². The van der Waals surface area contributed by atoms with Crippen molar-refractivity contribution in [3.63, 3.8) is 0 Å². The number of halogens is 1. The predicted molar refractivity (Wildman–Crippen MR) is 111 cm³/mol. The molecule has 1 aliphatic rings. The van der Waals surface area contributed by atoms with Crippen molar-refractivity contribution in [3.05, 3.63) is 41.0 Å². The van der Waals surface area contributed by atoms with Crippen molar-refractivity contribution in [3.8, 4) is 5.75 Å². The molecular formula is C19H21ClN4O4S. The minimum Gasteiger partial charge on any atom is -0.497 e. The molecule has 1 aromatic carbocycles. The number of rotatable bonds is 6. The molecule has 29 heavy (non-hydrogen) atoms. The lowest BCUT2D eigenvalue weighted by molar-refractivity contribution is -0.133. The van der Waals surface area contributed by atoms with E-state index in [1.54, 1.807) is 37.4 Å². The first-order valence-corrected chi connectivity index (χ1v) is 10.3. The number of amides is 1. The van der Waals surface area contributed by atoms with Gasteiger partial charge >= 0.3 is 5.97 Å². The van der Waals surface area contributed by atoms with Crippen LogP contribution in [0.25, 0.3) is 0 Å². The molecule has 3 rings (SSSR count). The van der Waals surface area contributed by atoms with Crippen LogP contribution in [0.4, 0.5) is 5.82 Å². The van der Waals surface area contributed by atoms with Crippen molar-refractivity contribution in [2.75, 3.05) is 37.4 Å². The summed E-state index contributed by atoms with van der Waals surface area (Å²) in [6, 6.07) is 8.68. The van der Waals surface area contributed by atoms with E-state index in [2.05, 4.69) is 9.97 Å². The Labute approximate surface area is 177 Å². The first-order chi connectivity index (χ1) is 13.9. The highest BCUT2D eigenvalue weighted by Crippen LogP contribution is 2.25. The average molecular weight is 437 g/mol. The zero-order valence-corrected chi connectivity index (χ0v) is 17.6. The van der Waals surface area contributed by atoms with Gasteiger partial charge in [-0.2, -0.15) is 0 Å². The second-order valence-corrected chi connectivity index (χ2v) is 7.87. The second kappa shape index (κ2) is 9.32. The van der Waals surface area contributed by atoms with E-state index in [-0.39, 0.29) is 22.9 Å². The molecular weight excluding hydrogens is 416 g/mol. The van der Waals surface area contributed by atoms with Gasteiger partial charge in [0.05, 0.1) is 12.9 Å². The summed E-state index contributed by atoms with van der Waals surface area (Å²) in [5.74, 6) is 0.218. The number of ether oxygens (including phenoxy) is 1. The minimum atomic E-state index is -0.945. The highest BCUT2D eigenvalue weighted by Gasteiger charge is 2.29. The third-order valence-corrected chi connectivity index (χ3v) is 5.56. The number of piperazine rings is 1. The first-order valence-electron chi connectivity index (χ1n) is 8.96. The van der Waals surface area contributed by atoms with E-state index in [9.17, 15) is 9.59 Å². The number of anilines is 1. The quantitative estimate of drug-likeness (QED) is 0.419. The van der Waals surface area contributed by atoms with Gasteiger partial charge in [-0.1, -0.05) is 23.4 Å². The van der Waals surface area contributed by atoms with Gasteiger partial charge in [0, 0.05) is 37.3 Å². The van der Waals surface area contributed by atoms with Crippen LogP contribution < -0.4 is 9.64 Å². The fourth-order valence-corrected chi connectivity index (χ4v) is 3.91. The summed E-state index contributed by atoms with van der Waals surface area (Å²) >= 11 is 7.11. The van der Waals surface area contributed by atoms with E-state index < -0.39 is 5.97 Å². The summed E-state index contributed by atoms with van der Waals surface area (Å²) in [7, 11) is 1.59. The second-order valence-electron chi connectivity index (χ2n) is 6.54. The summed E-state index contributed by atoms with van der Waals surface area (Å²) in [5.41, 5.74) is 0.614. The van der Waals surface area contributed by atoms with Crippen molar-refractivity contribution in [2.24, 2.45) is 0 Å². The van der Waals surface area contributed by atoms with Crippen molar-refractivity contribution < 1.29 is 19.4 Å². The van der Waals surface area contributed by atoms with Crippen LogP contribution in [0.5, 0.6) is 5.75 Å². The molecule has 8 nitrogen and oxygen atoms in total. The minimum absolute atomic E-state index is 0.0294. The Bertz CT molecular complexity index is 896. The molecule has 2 aromatic rings. The SMILES string of the molecule is COc1ccc(C(=O)N2CCN(c3cc(Cl)nc(SCC(=O)O)n3)CC2C)cc1. The third-order valence-electron chi connectivity index (χ3n) is 4.53. The molecule has 0 spiro atoms. The Morgan fingerprint density at radius 2 is 2.00 bits per heavy atom. The molecule has 1 saturated heterocycles. The van der Waals surface area contributed by atoms with Crippen LogP contribution in [0, 0.1) is 0 Å². The summed E-state index contributed by atoms with van der Waals surface area (Å²) in [6.45, 7) is 3.68. The topological polar surface area (TPSA) is 95.9 Å². The molecule has 1 atom stereocenters. The lowest BCUT2D eigenvalue weighted by Gasteiger charge is -2.40. The number of carbonyl (C=O) groups is 2. The van der Waals surface area contributed by atoms with Crippen molar-refractivity contribution in [2.45, 2.75) is 18.1 Å². The van der Waals surface area contributed by atoms with Gasteiger partial charge in [-0.15, -0.1) is 0 Å². The smallest absolute Gasteiger partial charge is 0.313 e. The zero-order valence-electron chi connectivity index (χ0n) is 16.0.